The molecule has 1 aliphatic rings. The number of hydrogen-bond donors (Lipinski definition) is 2. The van der Waals surface area contributed by atoms with Gasteiger partial charge in [0.25, 0.3) is 0 Å². The van der Waals surface area contributed by atoms with E-state index in [1.54, 1.807) is 0 Å². The largest absolute Gasteiger partial charge is 0.442 e. The van der Waals surface area contributed by atoms with Crippen molar-refractivity contribution >= 4 is 6.09 Å². The van der Waals surface area contributed by atoms with Gasteiger partial charge in [-0.2, -0.15) is 0 Å². The van der Waals surface area contributed by atoms with Crippen LogP contribution in [0.25, 0.3) is 0 Å². The Morgan fingerprint density at radius 2 is 2.45 bits per heavy atom. The fourth-order valence-electron chi connectivity index (χ4n) is 1.06. The molecule has 64 valence electrons. The quantitative estimate of drug-likeness (QED) is 0.560. The van der Waals surface area contributed by atoms with Gasteiger partial charge in [-0.15, -0.1) is 0 Å². The second-order valence-corrected chi connectivity index (χ2v) is 2.48. The van der Waals surface area contributed by atoms with Gasteiger partial charge in [-0.25, -0.2) is 9.18 Å². The van der Waals surface area contributed by atoms with Gasteiger partial charge in [-0.1, -0.05) is 0 Å². The first kappa shape index (κ1) is 8.26. The van der Waals surface area contributed by atoms with Crippen molar-refractivity contribution in [3.63, 3.8) is 0 Å². The topological polar surface area (TPSA) is 64.4 Å². The van der Waals surface area contributed by atoms with Crippen LogP contribution in [-0.4, -0.2) is 31.5 Å². The summed E-state index contributed by atoms with van der Waals surface area (Å²) in [7, 11) is 0. The maximum absolute atomic E-state index is 12.8. The predicted octanol–water partition coefficient (Wildman–Crippen LogP) is -0.218. The molecule has 1 heterocycles. The van der Waals surface area contributed by atoms with E-state index in [0.29, 0.717) is 19.5 Å². The van der Waals surface area contributed by atoms with Crippen LogP contribution in [0.1, 0.15) is 6.42 Å². The molecule has 0 spiro atoms. The summed E-state index contributed by atoms with van der Waals surface area (Å²) >= 11 is 0. The fourth-order valence-corrected chi connectivity index (χ4v) is 1.06. The third-order valence-electron chi connectivity index (χ3n) is 1.61. The maximum Gasteiger partial charge on any atom is 0.404 e. The van der Waals surface area contributed by atoms with Crippen molar-refractivity contribution in [1.82, 2.24) is 5.32 Å². The highest BCUT2D eigenvalue weighted by molar-refractivity contribution is 5.64. The molecule has 1 fully saturated rings. The highest BCUT2D eigenvalue weighted by Gasteiger charge is 2.26. The molecule has 2 atom stereocenters. The molecule has 0 radical (unpaired) electrons. The van der Waals surface area contributed by atoms with Gasteiger partial charge in [0.05, 0.1) is 0 Å². The van der Waals surface area contributed by atoms with E-state index in [2.05, 4.69) is 10.1 Å². The Balaban J connectivity index is 2.35. The van der Waals surface area contributed by atoms with Crippen LogP contribution in [0, 0.1) is 0 Å². The third-order valence-corrected chi connectivity index (χ3v) is 1.61. The lowest BCUT2D eigenvalue weighted by Crippen LogP contribution is -2.45. The van der Waals surface area contributed by atoms with Crippen molar-refractivity contribution < 1.29 is 13.9 Å². The number of amides is 1. The summed E-state index contributed by atoms with van der Waals surface area (Å²) in [6, 6.07) is 0. The highest BCUT2D eigenvalue weighted by Crippen LogP contribution is 2.10. The Labute approximate surface area is 63.9 Å². The van der Waals surface area contributed by atoms with Gasteiger partial charge >= 0.3 is 6.09 Å². The van der Waals surface area contributed by atoms with E-state index in [1.165, 1.54) is 0 Å². The Morgan fingerprint density at radius 3 is 3.00 bits per heavy atom. The van der Waals surface area contributed by atoms with Crippen LogP contribution in [0.4, 0.5) is 9.18 Å². The molecule has 0 aliphatic carbocycles. The minimum absolute atomic E-state index is 0.351. The Kier molecular flexibility index (Phi) is 2.64. The summed E-state index contributed by atoms with van der Waals surface area (Å²) in [6.45, 7) is 0.976. The van der Waals surface area contributed by atoms with Gasteiger partial charge in [0, 0.05) is 6.54 Å². The molecule has 1 rings (SSSR count). The lowest BCUT2D eigenvalue weighted by atomic mass is 10.1. The van der Waals surface area contributed by atoms with Crippen LogP contribution >= 0.6 is 0 Å². The molecule has 1 amide bonds. The second kappa shape index (κ2) is 3.52. The van der Waals surface area contributed by atoms with Gasteiger partial charge in [-0.3, -0.25) is 0 Å². The van der Waals surface area contributed by atoms with Crippen molar-refractivity contribution in [1.29, 1.82) is 0 Å². The van der Waals surface area contributed by atoms with Crippen LogP contribution in [0.3, 0.4) is 0 Å². The summed E-state index contributed by atoms with van der Waals surface area (Å²) in [5.41, 5.74) is 4.73. The number of carbonyl (C=O) groups is 1. The molecular formula is C6H11FN2O2. The number of primary amides is 1. The van der Waals surface area contributed by atoms with Crippen molar-refractivity contribution in [2.45, 2.75) is 18.7 Å². The molecule has 1 saturated heterocycles. The standard InChI is InChI=1S/C6H11FN2O2/c7-4-1-2-9-3-5(4)11-6(8)10/h4-5,9H,1-3H2,(H2,8,10). The smallest absolute Gasteiger partial charge is 0.404 e. The van der Waals surface area contributed by atoms with E-state index in [-0.39, 0.29) is 0 Å². The molecule has 0 bridgehead atoms. The Morgan fingerprint density at radius 1 is 1.73 bits per heavy atom. The van der Waals surface area contributed by atoms with Gasteiger partial charge < -0.3 is 15.8 Å². The zero-order chi connectivity index (χ0) is 8.27. The summed E-state index contributed by atoms with van der Waals surface area (Å²) in [4.78, 5) is 10.2. The lowest BCUT2D eigenvalue weighted by Gasteiger charge is -2.25. The molecule has 11 heavy (non-hydrogen) atoms. The van der Waals surface area contributed by atoms with Crippen molar-refractivity contribution in [2.75, 3.05) is 13.1 Å². The number of carbonyl (C=O) groups excluding carboxylic acids is 1. The minimum atomic E-state index is -1.08. The molecule has 0 aromatic rings. The maximum atomic E-state index is 12.8. The van der Waals surface area contributed by atoms with Crippen molar-refractivity contribution in [2.24, 2.45) is 5.73 Å². The minimum Gasteiger partial charge on any atom is -0.442 e. The van der Waals surface area contributed by atoms with E-state index in [0.717, 1.165) is 0 Å². The zero-order valence-electron chi connectivity index (χ0n) is 6.05. The normalized spacial score (nSPS) is 31.4. The third kappa shape index (κ3) is 2.34. The van der Waals surface area contributed by atoms with E-state index >= 15 is 0 Å². The molecule has 1 aliphatic heterocycles. The molecule has 0 saturated carbocycles. The predicted molar refractivity (Wildman–Crippen MR) is 36.8 cm³/mol. The molecular weight excluding hydrogens is 151 g/mol. The summed E-state index contributed by atoms with van der Waals surface area (Å²) < 4.78 is 17.3. The van der Waals surface area contributed by atoms with Crippen LogP contribution in [-0.2, 0) is 4.74 Å². The van der Waals surface area contributed by atoms with E-state index in [9.17, 15) is 9.18 Å². The Hall–Kier alpha value is -0.840. The number of nitrogens with one attached hydrogen (secondary N) is 1. The molecule has 4 nitrogen and oxygen atoms in total. The van der Waals surface area contributed by atoms with E-state index < -0.39 is 18.4 Å². The second-order valence-electron chi connectivity index (χ2n) is 2.48. The van der Waals surface area contributed by atoms with Crippen molar-refractivity contribution in [3.05, 3.63) is 0 Å². The average Bonchev–Trinajstić information content (AvgIpc) is 1.93. The lowest BCUT2D eigenvalue weighted by molar-refractivity contribution is 0.0335. The average molecular weight is 162 g/mol. The number of ether oxygens (including phenoxy) is 1. The number of rotatable bonds is 1. The first-order chi connectivity index (χ1) is 5.20. The van der Waals surface area contributed by atoms with Crippen LogP contribution in [0.5, 0.6) is 0 Å². The summed E-state index contributed by atoms with van der Waals surface area (Å²) in [5.74, 6) is 0. The number of alkyl halides is 1. The van der Waals surface area contributed by atoms with Gasteiger partial charge in [0.2, 0.25) is 0 Å². The monoisotopic (exact) mass is 162 g/mol. The van der Waals surface area contributed by atoms with E-state index in [4.69, 9.17) is 5.73 Å². The zero-order valence-corrected chi connectivity index (χ0v) is 6.05. The first-order valence-electron chi connectivity index (χ1n) is 3.51. The van der Waals surface area contributed by atoms with Crippen molar-refractivity contribution in [3.8, 4) is 0 Å². The van der Waals surface area contributed by atoms with Crippen LogP contribution < -0.4 is 11.1 Å². The number of hydrogen-bond acceptors (Lipinski definition) is 3. The molecule has 0 aromatic carbocycles. The van der Waals surface area contributed by atoms with Gasteiger partial charge in [-0.05, 0) is 13.0 Å². The number of nitrogens with two attached hydrogens (primary N) is 1. The summed E-state index contributed by atoms with van der Waals surface area (Å²) in [5, 5.41) is 2.90. The first-order valence-corrected chi connectivity index (χ1v) is 3.51. The molecule has 2 unspecified atom stereocenters. The SMILES string of the molecule is NC(=O)OC1CNCCC1F. The molecule has 5 heteroatoms. The van der Waals surface area contributed by atoms with E-state index in [1.807, 2.05) is 0 Å². The van der Waals surface area contributed by atoms with Crippen LogP contribution in [0.15, 0.2) is 0 Å². The number of halogens is 1. The highest BCUT2D eigenvalue weighted by atomic mass is 19.1. The van der Waals surface area contributed by atoms with Gasteiger partial charge in [0.1, 0.15) is 12.3 Å². The molecule has 0 aromatic heterocycles. The number of piperidine rings is 1. The van der Waals surface area contributed by atoms with Gasteiger partial charge in [0.15, 0.2) is 0 Å². The molecule has 3 N–H and O–H groups in total. The summed E-state index contributed by atoms with van der Waals surface area (Å²) in [6.07, 6.45) is -2.33. The Bertz CT molecular complexity index is 154. The van der Waals surface area contributed by atoms with Crippen LogP contribution in [0.2, 0.25) is 0 Å². The fraction of sp³-hybridized carbons (Fsp3) is 0.833.